The molecule has 1 amide bonds. The molecule has 0 saturated carbocycles. The lowest BCUT2D eigenvalue weighted by atomic mass is 10.1. The van der Waals surface area contributed by atoms with Crippen LogP contribution in [0.5, 0.6) is 0 Å². The third kappa shape index (κ3) is 3.09. The average Bonchev–Trinajstić information content (AvgIpc) is 2.76. The molecule has 0 spiro atoms. The number of rotatable bonds is 4. The van der Waals surface area contributed by atoms with E-state index in [0.717, 1.165) is 10.6 Å². The van der Waals surface area contributed by atoms with Crippen molar-refractivity contribution in [1.82, 2.24) is 14.9 Å². The molecule has 2 rings (SSSR count). The van der Waals surface area contributed by atoms with Gasteiger partial charge in [0.1, 0.15) is 18.2 Å². The van der Waals surface area contributed by atoms with Crippen LogP contribution in [0.15, 0.2) is 21.9 Å². The van der Waals surface area contributed by atoms with Crippen LogP contribution in [0.2, 0.25) is 0 Å². The third-order valence-corrected chi connectivity index (χ3v) is 3.40. The van der Waals surface area contributed by atoms with Crippen LogP contribution < -0.4 is 22.3 Å². The Bertz CT molecular complexity index is 654. The molecule has 22 heavy (non-hydrogen) atoms. The molecule has 0 radical (unpaired) electrons. The van der Waals surface area contributed by atoms with E-state index >= 15 is 0 Å². The van der Waals surface area contributed by atoms with Gasteiger partial charge in [-0.2, -0.15) is 0 Å². The van der Waals surface area contributed by atoms with Crippen molar-refractivity contribution in [2.75, 3.05) is 6.61 Å². The number of hydrogen-bond acceptors (Lipinski definition) is 7. The minimum Gasteiger partial charge on any atom is -0.394 e. The fourth-order valence-corrected chi connectivity index (χ4v) is 2.21. The van der Waals surface area contributed by atoms with Crippen LogP contribution in [0.1, 0.15) is 13.2 Å². The second-order valence-electron chi connectivity index (χ2n) is 5.08. The minimum atomic E-state index is -1.24. The van der Waals surface area contributed by atoms with Gasteiger partial charge in [0.05, 0.1) is 12.6 Å². The van der Waals surface area contributed by atoms with E-state index in [0.29, 0.717) is 0 Å². The van der Waals surface area contributed by atoms with Gasteiger partial charge in [-0.15, -0.1) is 0 Å². The van der Waals surface area contributed by atoms with Crippen LogP contribution in [-0.2, 0) is 9.53 Å². The number of carbonyl (C=O) groups is 1. The number of hydrogen-bond donors (Lipinski definition) is 5. The topological polar surface area (TPSA) is 160 Å². The van der Waals surface area contributed by atoms with Crippen molar-refractivity contribution in [3.05, 3.63) is 33.1 Å². The van der Waals surface area contributed by atoms with Crippen LogP contribution in [0.3, 0.4) is 0 Å². The zero-order valence-corrected chi connectivity index (χ0v) is 11.8. The number of H-pyrrole nitrogens is 1. The molecule has 6 N–H and O–H groups in total. The number of aromatic amines is 1. The predicted octanol–water partition coefficient (Wildman–Crippen LogP) is -3.38. The van der Waals surface area contributed by atoms with Gasteiger partial charge in [0.2, 0.25) is 5.91 Å². The van der Waals surface area contributed by atoms with Gasteiger partial charge in [0, 0.05) is 12.3 Å². The highest BCUT2D eigenvalue weighted by molar-refractivity contribution is 5.81. The Kier molecular flexibility index (Phi) is 4.76. The normalized spacial score (nSPS) is 29.3. The molecule has 10 heteroatoms. The molecular formula is C12H18N4O6. The standard InChI is InChI=1S/C12H18N4O6/c1-5(13)10(20)15-8-9(19)6(4-17)22-11(8)16-3-2-7(18)14-12(16)21/h2-3,5-6,8-9,11,17,19H,4,13H2,1H3,(H,15,20)(H,14,18,21)/t5-,6-,8?,9?,11-/m0/s1. The number of nitrogens with one attached hydrogen (secondary N) is 2. The lowest BCUT2D eigenvalue weighted by Gasteiger charge is -2.23. The van der Waals surface area contributed by atoms with Crippen molar-refractivity contribution >= 4 is 5.91 Å². The van der Waals surface area contributed by atoms with Gasteiger partial charge < -0.3 is 26.0 Å². The quantitative estimate of drug-likeness (QED) is 0.387. The van der Waals surface area contributed by atoms with E-state index in [2.05, 4.69) is 10.3 Å². The summed E-state index contributed by atoms with van der Waals surface area (Å²) in [6.07, 6.45) is -2.12. The van der Waals surface area contributed by atoms with Crippen LogP contribution in [-0.4, -0.2) is 56.6 Å². The van der Waals surface area contributed by atoms with E-state index in [4.69, 9.17) is 10.5 Å². The van der Waals surface area contributed by atoms with Gasteiger partial charge in [-0.25, -0.2) is 4.79 Å². The molecule has 1 aliphatic heterocycles. The SMILES string of the molecule is C[C@H](N)C(=O)NC1C(O)[C@H](CO)O[C@@H]1n1ccc(=O)[nH]c1=O. The number of nitrogens with two attached hydrogens (primary N) is 1. The van der Waals surface area contributed by atoms with Gasteiger partial charge in [-0.1, -0.05) is 0 Å². The molecule has 1 saturated heterocycles. The van der Waals surface area contributed by atoms with Gasteiger partial charge in [0.25, 0.3) is 5.56 Å². The second kappa shape index (κ2) is 6.40. The van der Waals surface area contributed by atoms with Gasteiger partial charge in [-0.05, 0) is 6.92 Å². The number of aliphatic hydroxyl groups is 2. The van der Waals surface area contributed by atoms with E-state index in [-0.39, 0.29) is 0 Å². The van der Waals surface area contributed by atoms with Crippen LogP contribution in [0.25, 0.3) is 0 Å². The summed E-state index contributed by atoms with van der Waals surface area (Å²) >= 11 is 0. The lowest BCUT2D eigenvalue weighted by molar-refractivity contribution is -0.124. The first-order valence-electron chi connectivity index (χ1n) is 6.67. The molecule has 0 aliphatic carbocycles. The first-order valence-corrected chi connectivity index (χ1v) is 6.67. The molecule has 2 unspecified atom stereocenters. The molecule has 5 atom stereocenters. The predicted molar refractivity (Wildman–Crippen MR) is 73.9 cm³/mol. The fourth-order valence-electron chi connectivity index (χ4n) is 2.21. The summed E-state index contributed by atoms with van der Waals surface area (Å²) in [6, 6.07) is -0.721. The second-order valence-corrected chi connectivity index (χ2v) is 5.08. The smallest absolute Gasteiger partial charge is 0.330 e. The van der Waals surface area contributed by atoms with E-state index < -0.39 is 54.3 Å². The lowest BCUT2D eigenvalue weighted by Crippen LogP contribution is -2.52. The number of nitrogens with zero attached hydrogens (tertiary/aromatic N) is 1. The Morgan fingerprint density at radius 1 is 1.59 bits per heavy atom. The molecule has 1 aromatic heterocycles. The van der Waals surface area contributed by atoms with Gasteiger partial charge >= 0.3 is 5.69 Å². The molecule has 1 aromatic rings. The summed E-state index contributed by atoms with van der Waals surface area (Å²) in [5.41, 5.74) is 4.11. The number of aromatic nitrogens is 2. The Morgan fingerprint density at radius 2 is 2.27 bits per heavy atom. The summed E-state index contributed by atoms with van der Waals surface area (Å²) in [4.78, 5) is 36.7. The number of aliphatic hydroxyl groups excluding tert-OH is 2. The van der Waals surface area contributed by atoms with Crippen molar-refractivity contribution < 1.29 is 19.7 Å². The Balaban J connectivity index is 2.35. The molecule has 1 aliphatic rings. The van der Waals surface area contributed by atoms with E-state index in [9.17, 15) is 24.6 Å². The Labute approximate surface area is 124 Å². The van der Waals surface area contributed by atoms with Crippen molar-refractivity contribution in [2.45, 2.75) is 37.4 Å². The maximum Gasteiger partial charge on any atom is 0.330 e. The van der Waals surface area contributed by atoms with Crippen molar-refractivity contribution in [3.63, 3.8) is 0 Å². The molecule has 0 bridgehead atoms. The Morgan fingerprint density at radius 3 is 2.82 bits per heavy atom. The first kappa shape index (κ1) is 16.4. The van der Waals surface area contributed by atoms with Gasteiger partial charge in [0.15, 0.2) is 6.23 Å². The van der Waals surface area contributed by atoms with Gasteiger partial charge in [-0.3, -0.25) is 19.1 Å². The zero-order chi connectivity index (χ0) is 16.4. The highest BCUT2D eigenvalue weighted by Gasteiger charge is 2.45. The van der Waals surface area contributed by atoms with E-state index in [1.807, 2.05) is 0 Å². The summed E-state index contributed by atoms with van der Waals surface area (Å²) in [7, 11) is 0. The van der Waals surface area contributed by atoms with Crippen LogP contribution >= 0.6 is 0 Å². The van der Waals surface area contributed by atoms with Crippen molar-refractivity contribution in [2.24, 2.45) is 5.73 Å². The Hall–Kier alpha value is -2.01. The molecule has 1 fully saturated rings. The highest BCUT2D eigenvalue weighted by Crippen LogP contribution is 2.28. The maximum absolute atomic E-state index is 11.8. The van der Waals surface area contributed by atoms with Crippen molar-refractivity contribution in [3.8, 4) is 0 Å². The maximum atomic E-state index is 11.8. The third-order valence-electron chi connectivity index (χ3n) is 3.40. The number of carbonyl (C=O) groups excluding carboxylic acids is 1. The number of amides is 1. The summed E-state index contributed by atoms with van der Waals surface area (Å²) in [5, 5.41) is 21.8. The largest absolute Gasteiger partial charge is 0.394 e. The van der Waals surface area contributed by atoms with Crippen molar-refractivity contribution in [1.29, 1.82) is 0 Å². The van der Waals surface area contributed by atoms with E-state index in [1.54, 1.807) is 0 Å². The zero-order valence-electron chi connectivity index (χ0n) is 11.8. The highest BCUT2D eigenvalue weighted by atomic mass is 16.5. The first-order chi connectivity index (χ1) is 10.3. The fraction of sp³-hybridized carbons (Fsp3) is 0.583. The molecule has 0 aromatic carbocycles. The molecule has 2 heterocycles. The molecular weight excluding hydrogens is 296 g/mol. The number of ether oxygens (including phenoxy) is 1. The van der Waals surface area contributed by atoms with Crippen LogP contribution in [0.4, 0.5) is 0 Å². The summed E-state index contributed by atoms with van der Waals surface area (Å²) in [6.45, 7) is 0.961. The van der Waals surface area contributed by atoms with Crippen LogP contribution in [0, 0.1) is 0 Å². The van der Waals surface area contributed by atoms with E-state index in [1.165, 1.54) is 13.1 Å². The monoisotopic (exact) mass is 314 g/mol. The average molecular weight is 314 g/mol. The summed E-state index contributed by atoms with van der Waals surface area (Å²) in [5.74, 6) is -0.547. The minimum absolute atomic E-state index is 0.500. The summed E-state index contributed by atoms with van der Waals surface area (Å²) < 4.78 is 6.43. The molecule has 10 nitrogen and oxygen atoms in total. The molecule has 122 valence electrons.